The van der Waals surface area contributed by atoms with Gasteiger partial charge in [0, 0.05) is 38.6 Å². The van der Waals surface area contributed by atoms with Gasteiger partial charge in [0.2, 0.25) is 5.91 Å². The van der Waals surface area contributed by atoms with Crippen molar-refractivity contribution in [3.05, 3.63) is 35.4 Å². The van der Waals surface area contributed by atoms with Crippen molar-refractivity contribution in [2.45, 2.75) is 32.5 Å². The Bertz CT molecular complexity index is 457. The number of benzene rings is 1. The predicted octanol–water partition coefficient (Wildman–Crippen LogP) is 0.872. The van der Waals surface area contributed by atoms with Crippen molar-refractivity contribution >= 4 is 5.91 Å². The van der Waals surface area contributed by atoms with E-state index in [1.165, 1.54) is 5.56 Å². The second-order valence-corrected chi connectivity index (χ2v) is 5.67. The van der Waals surface area contributed by atoms with Gasteiger partial charge in [-0.25, -0.2) is 0 Å². The van der Waals surface area contributed by atoms with Crippen LogP contribution < -0.4 is 11.1 Å². The van der Waals surface area contributed by atoms with Crippen LogP contribution >= 0.6 is 0 Å². The fourth-order valence-electron chi connectivity index (χ4n) is 2.42. The molecule has 1 fully saturated rings. The fourth-order valence-corrected chi connectivity index (χ4v) is 2.42. The van der Waals surface area contributed by atoms with E-state index in [0.717, 1.165) is 38.4 Å². The summed E-state index contributed by atoms with van der Waals surface area (Å²) in [6.07, 6.45) is 0.369. The molecule has 0 spiro atoms. The summed E-state index contributed by atoms with van der Waals surface area (Å²) in [5, 5.41) is 2.91. The van der Waals surface area contributed by atoms with Crippen LogP contribution in [0.4, 0.5) is 0 Å². The Balaban J connectivity index is 1.84. The third kappa shape index (κ3) is 5.83. The maximum absolute atomic E-state index is 11.6. The summed E-state index contributed by atoms with van der Waals surface area (Å²) in [5.41, 5.74) is 8.01. The molecule has 1 atom stereocenters. The molecular weight excluding hydrogens is 266 g/mol. The molecule has 0 bridgehead atoms. The van der Waals surface area contributed by atoms with E-state index in [9.17, 15) is 4.79 Å². The summed E-state index contributed by atoms with van der Waals surface area (Å²) in [7, 11) is 0. The highest BCUT2D eigenvalue weighted by atomic mass is 16.5. The van der Waals surface area contributed by atoms with Crippen LogP contribution in [0.2, 0.25) is 0 Å². The zero-order valence-electron chi connectivity index (χ0n) is 12.7. The van der Waals surface area contributed by atoms with Crippen molar-refractivity contribution in [3.8, 4) is 0 Å². The molecule has 1 aromatic carbocycles. The number of hydrogen-bond donors (Lipinski definition) is 2. The number of carbonyl (C=O) groups is 1. The van der Waals surface area contributed by atoms with Crippen molar-refractivity contribution in [2.24, 2.45) is 5.73 Å². The third-order valence-electron chi connectivity index (χ3n) is 3.50. The molecule has 0 radical (unpaired) electrons. The molecule has 0 aliphatic carbocycles. The van der Waals surface area contributed by atoms with Gasteiger partial charge in [0.1, 0.15) is 0 Å². The zero-order chi connectivity index (χ0) is 15.1. The van der Waals surface area contributed by atoms with Gasteiger partial charge < -0.3 is 15.8 Å². The summed E-state index contributed by atoms with van der Waals surface area (Å²) in [6.45, 7) is 6.92. The molecule has 1 saturated heterocycles. The van der Waals surface area contributed by atoms with Crippen molar-refractivity contribution in [1.82, 2.24) is 10.2 Å². The standard InChI is InChI=1S/C16H25N3O2/c1-13(17)9-16(20)18-11-14-3-2-4-15(10-14)12-19-5-7-21-8-6-19/h2-4,10,13H,5-9,11-12,17H2,1H3,(H,18,20). The van der Waals surface area contributed by atoms with E-state index in [1.807, 2.05) is 19.1 Å². The van der Waals surface area contributed by atoms with E-state index in [-0.39, 0.29) is 11.9 Å². The van der Waals surface area contributed by atoms with Gasteiger partial charge in [0.15, 0.2) is 0 Å². The molecule has 1 heterocycles. The molecule has 1 aliphatic rings. The minimum atomic E-state index is -0.0994. The smallest absolute Gasteiger partial charge is 0.221 e. The lowest BCUT2D eigenvalue weighted by atomic mass is 10.1. The summed E-state index contributed by atoms with van der Waals surface area (Å²) in [4.78, 5) is 14.0. The molecule has 5 nitrogen and oxygen atoms in total. The highest BCUT2D eigenvalue weighted by Crippen LogP contribution is 2.10. The number of carbonyl (C=O) groups excluding carboxylic acids is 1. The first-order valence-corrected chi connectivity index (χ1v) is 7.53. The summed E-state index contributed by atoms with van der Waals surface area (Å²) in [6, 6.07) is 8.26. The number of nitrogens with one attached hydrogen (secondary N) is 1. The molecule has 0 aromatic heterocycles. The maximum atomic E-state index is 11.6. The lowest BCUT2D eigenvalue weighted by Crippen LogP contribution is -2.35. The van der Waals surface area contributed by atoms with Crippen molar-refractivity contribution < 1.29 is 9.53 Å². The van der Waals surface area contributed by atoms with E-state index in [0.29, 0.717) is 13.0 Å². The van der Waals surface area contributed by atoms with Gasteiger partial charge in [-0.1, -0.05) is 24.3 Å². The second kappa shape index (κ2) is 8.12. The van der Waals surface area contributed by atoms with Gasteiger partial charge in [-0.3, -0.25) is 9.69 Å². The van der Waals surface area contributed by atoms with Crippen LogP contribution in [0.5, 0.6) is 0 Å². The third-order valence-corrected chi connectivity index (χ3v) is 3.50. The van der Waals surface area contributed by atoms with E-state index in [2.05, 4.69) is 22.3 Å². The largest absolute Gasteiger partial charge is 0.379 e. The Labute approximate surface area is 126 Å². The predicted molar refractivity (Wildman–Crippen MR) is 82.7 cm³/mol. The van der Waals surface area contributed by atoms with E-state index < -0.39 is 0 Å². The van der Waals surface area contributed by atoms with Gasteiger partial charge >= 0.3 is 0 Å². The van der Waals surface area contributed by atoms with Crippen LogP contribution in [0.1, 0.15) is 24.5 Å². The minimum absolute atomic E-state index is 0.00332. The maximum Gasteiger partial charge on any atom is 0.221 e. The van der Waals surface area contributed by atoms with Crippen LogP contribution in [-0.4, -0.2) is 43.2 Å². The molecule has 1 unspecified atom stereocenters. The normalized spacial score (nSPS) is 17.4. The lowest BCUT2D eigenvalue weighted by Gasteiger charge is -2.26. The van der Waals surface area contributed by atoms with E-state index in [1.54, 1.807) is 0 Å². The molecule has 1 amide bonds. The number of rotatable bonds is 6. The lowest BCUT2D eigenvalue weighted by molar-refractivity contribution is -0.121. The average molecular weight is 291 g/mol. The zero-order valence-corrected chi connectivity index (χ0v) is 12.7. The second-order valence-electron chi connectivity index (χ2n) is 5.67. The monoisotopic (exact) mass is 291 g/mol. The van der Waals surface area contributed by atoms with E-state index >= 15 is 0 Å². The molecule has 116 valence electrons. The highest BCUT2D eigenvalue weighted by Gasteiger charge is 2.11. The molecule has 3 N–H and O–H groups in total. The Morgan fingerprint density at radius 3 is 2.81 bits per heavy atom. The van der Waals surface area contributed by atoms with Crippen LogP contribution in [0.3, 0.4) is 0 Å². The molecule has 1 aromatic rings. The molecule has 0 saturated carbocycles. The Morgan fingerprint density at radius 1 is 1.38 bits per heavy atom. The first-order chi connectivity index (χ1) is 10.1. The number of nitrogens with zero attached hydrogens (tertiary/aromatic N) is 1. The van der Waals surface area contributed by atoms with Gasteiger partial charge in [0.25, 0.3) is 0 Å². The molecule has 21 heavy (non-hydrogen) atoms. The first kappa shape index (κ1) is 15.9. The Morgan fingerprint density at radius 2 is 2.10 bits per heavy atom. The van der Waals surface area contributed by atoms with Gasteiger partial charge in [-0.15, -0.1) is 0 Å². The van der Waals surface area contributed by atoms with Crippen molar-refractivity contribution in [3.63, 3.8) is 0 Å². The van der Waals surface area contributed by atoms with Crippen LogP contribution in [0, 0.1) is 0 Å². The van der Waals surface area contributed by atoms with Crippen LogP contribution in [0.25, 0.3) is 0 Å². The minimum Gasteiger partial charge on any atom is -0.379 e. The summed E-state index contributed by atoms with van der Waals surface area (Å²) < 4.78 is 5.36. The number of hydrogen-bond acceptors (Lipinski definition) is 4. The SMILES string of the molecule is CC(N)CC(=O)NCc1cccc(CN2CCOCC2)c1. The van der Waals surface area contributed by atoms with Gasteiger partial charge in [0.05, 0.1) is 13.2 Å². The van der Waals surface area contributed by atoms with Gasteiger partial charge in [-0.2, -0.15) is 0 Å². The molecule has 5 heteroatoms. The first-order valence-electron chi connectivity index (χ1n) is 7.53. The van der Waals surface area contributed by atoms with Crippen molar-refractivity contribution in [1.29, 1.82) is 0 Å². The molecular formula is C16H25N3O2. The van der Waals surface area contributed by atoms with Crippen molar-refractivity contribution in [2.75, 3.05) is 26.3 Å². The quantitative estimate of drug-likeness (QED) is 0.816. The summed E-state index contributed by atoms with van der Waals surface area (Å²) in [5.74, 6) is 0.00332. The Kier molecular flexibility index (Phi) is 6.17. The topological polar surface area (TPSA) is 67.6 Å². The van der Waals surface area contributed by atoms with Crippen LogP contribution in [0.15, 0.2) is 24.3 Å². The number of amides is 1. The van der Waals surface area contributed by atoms with Crippen LogP contribution in [-0.2, 0) is 22.6 Å². The molecule has 2 rings (SSSR count). The number of morpholine rings is 1. The number of ether oxygens (including phenoxy) is 1. The van der Waals surface area contributed by atoms with E-state index in [4.69, 9.17) is 10.5 Å². The highest BCUT2D eigenvalue weighted by molar-refractivity contribution is 5.76. The summed E-state index contributed by atoms with van der Waals surface area (Å²) >= 11 is 0. The average Bonchev–Trinajstić information content (AvgIpc) is 2.46. The Hall–Kier alpha value is -1.43. The number of nitrogens with two attached hydrogens (primary N) is 1. The molecule has 1 aliphatic heterocycles. The fraction of sp³-hybridized carbons (Fsp3) is 0.562. The van der Waals surface area contributed by atoms with Gasteiger partial charge in [-0.05, 0) is 18.1 Å².